The highest BCUT2D eigenvalue weighted by atomic mass is 35.5. The fourth-order valence-electron chi connectivity index (χ4n) is 1.10. The molecule has 16 heavy (non-hydrogen) atoms. The number of nitrogens with zero attached hydrogens (tertiary/aromatic N) is 2. The lowest BCUT2D eigenvalue weighted by Crippen LogP contribution is -2.26. The van der Waals surface area contributed by atoms with Crippen LogP contribution in [0.25, 0.3) is 0 Å². The van der Waals surface area contributed by atoms with Gasteiger partial charge in [-0.3, -0.25) is 0 Å². The maximum atomic E-state index is 13.4. The summed E-state index contributed by atoms with van der Waals surface area (Å²) in [6.45, 7) is 0.185. The van der Waals surface area contributed by atoms with Gasteiger partial charge in [-0.1, -0.05) is 11.6 Å². The number of hydrogen-bond donors (Lipinski definition) is 0. The minimum absolute atomic E-state index is 0.0484. The van der Waals surface area contributed by atoms with Crippen molar-refractivity contribution in [3.63, 3.8) is 0 Å². The van der Waals surface area contributed by atoms with Gasteiger partial charge in [0.15, 0.2) is 11.6 Å². The van der Waals surface area contributed by atoms with Gasteiger partial charge in [-0.15, -0.1) is 0 Å². The Morgan fingerprint density at radius 3 is 2.69 bits per heavy atom. The number of pyridine rings is 1. The summed E-state index contributed by atoms with van der Waals surface area (Å²) < 4.78 is 35.3. The van der Waals surface area contributed by atoms with Gasteiger partial charge in [-0.05, 0) is 6.07 Å². The zero-order valence-corrected chi connectivity index (χ0v) is 10.5. The van der Waals surface area contributed by atoms with Gasteiger partial charge >= 0.3 is 0 Å². The molecule has 0 amide bonds. The van der Waals surface area contributed by atoms with Gasteiger partial charge < -0.3 is 4.90 Å². The first-order chi connectivity index (χ1) is 7.29. The molecule has 1 aromatic heterocycles. The number of sulfone groups is 1. The van der Waals surface area contributed by atoms with Crippen molar-refractivity contribution in [2.75, 3.05) is 30.5 Å². The van der Waals surface area contributed by atoms with Gasteiger partial charge in [0.25, 0.3) is 0 Å². The van der Waals surface area contributed by atoms with Crippen LogP contribution in [-0.2, 0) is 9.84 Å². The molecule has 0 aromatic carbocycles. The van der Waals surface area contributed by atoms with Crippen molar-refractivity contribution in [1.82, 2.24) is 4.98 Å². The Hall–Kier alpha value is -0.880. The molecule has 0 N–H and O–H groups in total. The standard InChI is InChI=1S/C9H12ClFN2O2S/c1-13(3-4-16(2,14)15)9-8(11)5-7(10)6-12-9/h5-6H,3-4H2,1-2H3. The fraction of sp³-hybridized carbons (Fsp3) is 0.444. The van der Waals surface area contributed by atoms with Crippen molar-refractivity contribution < 1.29 is 12.8 Å². The Kier molecular flexibility index (Phi) is 4.09. The average molecular weight is 267 g/mol. The van der Waals surface area contributed by atoms with Crippen LogP contribution >= 0.6 is 11.6 Å². The van der Waals surface area contributed by atoms with Crippen LogP contribution in [0.5, 0.6) is 0 Å². The van der Waals surface area contributed by atoms with Crippen LogP contribution in [0, 0.1) is 5.82 Å². The topological polar surface area (TPSA) is 50.3 Å². The average Bonchev–Trinajstić information content (AvgIpc) is 2.13. The van der Waals surface area contributed by atoms with Crippen molar-refractivity contribution in [3.05, 3.63) is 23.1 Å². The number of anilines is 1. The summed E-state index contributed by atoms with van der Waals surface area (Å²) in [5, 5.41) is 0.206. The first-order valence-corrected chi connectivity index (χ1v) is 6.93. The van der Waals surface area contributed by atoms with E-state index in [0.717, 1.165) is 12.3 Å². The second-order valence-corrected chi connectivity index (χ2v) is 6.21. The highest BCUT2D eigenvalue weighted by Crippen LogP contribution is 2.18. The van der Waals surface area contributed by atoms with Gasteiger partial charge in [-0.2, -0.15) is 0 Å². The smallest absolute Gasteiger partial charge is 0.167 e. The first kappa shape index (κ1) is 13.2. The molecule has 0 atom stereocenters. The van der Waals surface area contributed by atoms with Gasteiger partial charge in [0.1, 0.15) is 9.84 Å². The van der Waals surface area contributed by atoms with Crippen LogP contribution in [0.3, 0.4) is 0 Å². The van der Waals surface area contributed by atoms with Crippen LogP contribution in [0.15, 0.2) is 12.3 Å². The lowest BCUT2D eigenvalue weighted by atomic mass is 10.4. The summed E-state index contributed by atoms with van der Waals surface area (Å²) in [5.74, 6) is -0.524. The molecule has 0 aliphatic heterocycles. The molecule has 4 nitrogen and oxygen atoms in total. The first-order valence-electron chi connectivity index (χ1n) is 4.49. The van der Waals surface area contributed by atoms with Crippen molar-refractivity contribution >= 4 is 27.3 Å². The van der Waals surface area contributed by atoms with Crippen molar-refractivity contribution in [1.29, 1.82) is 0 Å². The Morgan fingerprint density at radius 1 is 1.56 bits per heavy atom. The summed E-state index contributed by atoms with van der Waals surface area (Å²) in [7, 11) is -1.49. The summed E-state index contributed by atoms with van der Waals surface area (Å²) in [6.07, 6.45) is 2.45. The SMILES string of the molecule is CN(CCS(C)(=O)=O)c1ncc(Cl)cc1F. The van der Waals surface area contributed by atoms with E-state index in [0.29, 0.717) is 0 Å². The van der Waals surface area contributed by atoms with Crippen LogP contribution in [0.1, 0.15) is 0 Å². The molecular formula is C9H12ClFN2O2S. The minimum Gasteiger partial charge on any atom is -0.356 e. The second kappa shape index (κ2) is 4.97. The molecule has 0 saturated carbocycles. The van der Waals surface area contributed by atoms with Gasteiger partial charge in [0.2, 0.25) is 0 Å². The maximum Gasteiger partial charge on any atom is 0.167 e. The molecule has 7 heteroatoms. The van der Waals surface area contributed by atoms with Crippen LogP contribution < -0.4 is 4.90 Å². The second-order valence-electron chi connectivity index (χ2n) is 3.51. The lowest BCUT2D eigenvalue weighted by molar-refractivity contribution is 0.598. The van der Waals surface area contributed by atoms with Crippen LogP contribution in [-0.4, -0.2) is 39.0 Å². The molecular weight excluding hydrogens is 255 g/mol. The Balaban J connectivity index is 2.77. The fourth-order valence-corrected chi connectivity index (χ4v) is 1.85. The van der Waals surface area contributed by atoms with E-state index < -0.39 is 15.7 Å². The molecule has 0 unspecified atom stereocenters. The number of halogens is 2. The molecule has 0 spiro atoms. The van der Waals surface area contributed by atoms with Gasteiger partial charge in [0.05, 0.1) is 10.8 Å². The third-order valence-electron chi connectivity index (χ3n) is 1.95. The number of hydrogen-bond acceptors (Lipinski definition) is 4. The highest BCUT2D eigenvalue weighted by Gasteiger charge is 2.11. The summed E-state index contributed by atoms with van der Waals surface area (Å²) >= 11 is 5.55. The quantitative estimate of drug-likeness (QED) is 0.826. The summed E-state index contributed by atoms with van der Waals surface area (Å²) in [6, 6.07) is 1.14. The lowest BCUT2D eigenvalue weighted by Gasteiger charge is -2.17. The third kappa shape index (κ3) is 3.94. The molecule has 1 heterocycles. The van der Waals surface area contributed by atoms with Gasteiger partial charge in [-0.25, -0.2) is 17.8 Å². The predicted octanol–water partition coefficient (Wildman–Crippen LogP) is 1.35. The normalized spacial score (nSPS) is 11.5. The van der Waals surface area contributed by atoms with Crippen LogP contribution in [0.4, 0.5) is 10.2 Å². The maximum absolute atomic E-state index is 13.4. The van der Waals surface area contributed by atoms with Crippen molar-refractivity contribution in [2.45, 2.75) is 0 Å². The van der Waals surface area contributed by atoms with E-state index in [4.69, 9.17) is 11.6 Å². The molecule has 0 fully saturated rings. The molecule has 0 aliphatic rings. The monoisotopic (exact) mass is 266 g/mol. The van der Waals surface area contributed by atoms with E-state index >= 15 is 0 Å². The Labute approximate surface area is 99.0 Å². The largest absolute Gasteiger partial charge is 0.356 e. The summed E-state index contributed by atoms with van der Waals surface area (Å²) in [4.78, 5) is 5.24. The van der Waals surface area contributed by atoms with E-state index in [1.165, 1.54) is 11.1 Å². The third-order valence-corrected chi connectivity index (χ3v) is 3.08. The minimum atomic E-state index is -3.07. The van der Waals surface area contributed by atoms with Gasteiger partial charge in [0, 0.05) is 26.0 Å². The van der Waals surface area contributed by atoms with E-state index in [1.807, 2.05) is 0 Å². The zero-order valence-electron chi connectivity index (χ0n) is 8.94. The number of rotatable bonds is 4. The molecule has 0 radical (unpaired) electrons. The Morgan fingerprint density at radius 2 is 2.19 bits per heavy atom. The predicted molar refractivity (Wildman–Crippen MR) is 62.2 cm³/mol. The van der Waals surface area contributed by atoms with Crippen molar-refractivity contribution in [3.8, 4) is 0 Å². The molecule has 0 aliphatic carbocycles. The molecule has 1 aromatic rings. The Bertz CT molecular complexity index is 478. The zero-order chi connectivity index (χ0) is 12.3. The molecule has 0 bridgehead atoms. The summed E-state index contributed by atoms with van der Waals surface area (Å²) in [5.41, 5.74) is 0. The molecule has 0 saturated heterocycles. The van der Waals surface area contributed by atoms with E-state index in [2.05, 4.69) is 4.98 Å². The number of aromatic nitrogens is 1. The van der Waals surface area contributed by atoms with Crippen molar-refractivity contribution in [2.24, 2.45) is 0 Å². The van der Waals surface area contributed by atoms with E-state index in [9.17, 15) is 12.8 Å². The molecule has 1 rings (SSSR count). The van der Waals surface area contributed by atoms with Crippen LogP contribution in [0.2, 0.25) is 5.02 Å². The van der Waals surface area contributed by atoms with E-state index in [1.54, 1.807) is 7.05 Å². The molecule has 90 valence electrons. The highest BCUT2D eigenvalue weighted by molar-refractivity contribution is 7.90. The van der Waals surface area contributed by atoms with E-state index in [-0.39, 0.29) is 23.1 Å².